The van der Waals surface area contributed by atoms with Gasteiger partial charge < -0.3 is 15.4 Å². The zero-order valence-electron chi connectivity index (χ0n) is 19.7. The van der Waals surface area contributed by atoms with Crippen molar-refractivity contribution < 1.29 is 14.3 Å². The molecule has 36 heavy (non-hydrogen) atoms. The second kappa shape index (κ2) is 10.7. The highest BCUT2D eigenvalue weighted by Gasteiger charge is 2.24. The van der Waals surface area contributed by atoms with Crippen LogP contribution in [0.25, 0.3) is 17.1 Å². The smallest absolute Gasteiger partial charge is 0.251 e. The fourth-order valence-electron chi connectivity index (χ4n) is 3.66. The van der Waals surface area contributed by atoms with Crippen LogP contribution in [0.15, 0.2) is 84.0 Å². The fraction of sp³-hybridized carbons (Fsp3) is 0.185. The molecular weight excluding hydrogens is 474 g/mol. The summed E-state index contributed by atoms with van der Waals surface area (Å²) in [4.78, 5) is 25.1. The van der Waals surface area contributed by atoms with E-state index in [1.165, 1.54) is 11.8 Å². The van der Waals surface area contributed by atoms with Gasteiger partial charge in [-0.25, -0.2) is 0 Å². The number of carbonyl (C=O) groups excluding carboxylic acids is 2. The predicted molar refractivity (Wildman–Crippen MR) is 140 cm³/mol. The van der Waals surface area contributed by atoms with Gasteiger partial charge in [0.25, 0.3) is 5.91 Å². The van der Waals surface area contributed by atoms with Crippen LogP contribution in [0.3, 0.4) is 0 Å². The Labute approximate surface area is 213 Å². The average Bonchev–Trinajstić information content (AvgIpc) is 3.63. The van der Waals surface area contributed by atoms with Crippen molar-refractivity contribution in [2.24, 2.45) is 0 Å². The largest absolute Gasteiger partial charge is 0.497 e. The molecule has 1 aromatic heterocycles. The molecule has 0 spiro atoms. The minimum atomic E-state index is -0.201. The lowest BCUT2D eigenvalue weighted by molar-refractivity contribution is -0.113. The number of nitrogens with zero attached hydrogens (tertiary/aromatic N) is 3. The highest BCUT2D eigenvalue weighted by molar-refractivity contribution is 7.99. The van der Waals surface area contributed by atoms with E-state index in [-0.39, 0.29) is 23.6 Å². The van der Waals surface area contributed by atoms with Crippen molar-refractivity contribution in [1.82, 2.24) is 20.1 Å². The number of ether oxygens (including phenoxy) is 1. The lowest BCUT2D eigenvalue weighted by Crippen LogP contribution is -2.25. The first kappa shape index (κ1) is 23.6. The van der Waals surface area contributed by atoms with Crippen LogP contribution in [0.4, 0.5) is 5.69 Å². The summed E-state index contributed by atoms with van der Waals surface area (Å²) in [5, 5.41) is 15.2. The second-order valence-corrected chi connectivity index (χ2v) is 9.31. The quantitative estimate of drug-likeness (QED) is 0.328. The van der Waals surface area contributed by atoms with Gasteiger partial charge in [-0.1, -0.05) is 36.0 Å². The Morgan fingerprint density at radius 3 is 2.50 bits per heavy atom. The summed E-state index contributed by atoms with van der Waals surface area (Å²) in [6.07, 6.45) is 2.04. The van der Waals surface area contributed by atoms with Crippen molar-refractivity contribution in [3.8, 4) is 22.8 Å². The van der Waals surface area contributed by atoms with Gasteiger partial charge in [0.1, 0.15) is 5.75 Å². The normalized spacial score (nSPS) is 12.7. The molecule has 9 heteroatoms. The van der Waals surface area contributed by atoms with Crippen LogP contribution >= 0.6 is 11.8 Å². The van der Waals surface area contributed by atoms with Crippen molar-refractivity contribution >= 4 is 29.3 Å². The summed E-state index contributed by atoms with van der Waals surface area (Å²) in [6.45, 7) is 0. The third-order valence-corrected chi connectivity index (χ3v) is 6.58. The molecule has 5 rings (SSSR count). The maximum atomic E-state index is 12.7. The second-order valence-electron chi connectivity index (χ2n) is 8.37. The number of hydrogen-bond donors (Lipinski definition) is 2. The van der Waals surface area contributed by atoms with Gasteiger partial charge in [-0.2, -0.15) is 0 Å². The van der Waals surface area contributed by atoms with E-state index in [1.807, 2.05) is 59.2 Å². The third kappa shape index (κ3) is 5.58. The van der Waals surface area contributed by atoms with E-state index in [9.17, 15) is 9.59 Å². The Hall–Kier alpha value is -4.11. The summed E-state index contributed by atoms with van der Waals surface area (Å²) in [7, 11) is 1.63. The molecule has 0 atom stereocenters. The van der Waals surface area contributed by atoms with Gasteiger partial charge in [0.15, 0.2) is 11.0 Å². The van der Waals surface area contributed by atoms with E-state index in [1.54, 1.807) is 31.4 Å². The molecule has 0 unspecified atom stereocenters. The molecule has 1 heterocycles. The van der Waals surface area contributed by atoms with Crippen LogP contribution in [0.5, 0.6) is 5.75 Å². The SMILES string of the molecule is COc1ccc(-c2nnc(SCC(=O)Nc3cccc(C(=O)NC4CC4)c3)n2-c2ccccc2)cc1. The summed E-state index contributed by atoms with van der Waals surface area (Å²) < 4.78 is 7.20. The molecular formula is C27H25N5O3S. The maximum absolute atomic E-state index is 12.7. The molecule has 2 amide bonds. The Balaban J connectivity index is 1.31. The maximum Gasteiger partial charge on any atom is 0.251 e. The van der Waals surface area contributed by atoms with E-state index < -0.39 is 0 Å². The van der Waals surface area contributed by atoms with Crippen LogP contribution in [0.2, 0.25) is 0 Å². The van der Waals surface area contributed by atoms with Crippen molar-refractivity contribution in [1.29, 1.82) is 0 Å². The van der Waals surface area contributed by atoms with Crippen LogP contribution in [0.1, 0.15) is 23.2 Å². The first-order valence-electron chi connectivity index (χ1n) is 11.6. The Morgan fingerprint density at radius 2 is 1.78 bits per heavy atom. The van der Waals surface area contributed by atoms with Crippen LogP contribution in [-0.4, -0.2) is 45.5 Å². The predicted octanol–water partition coefficient (Wildman–Crippen LogP) is 4.57. The zero-order valence-corrected chi connectivity index (χ0v) is 20.5. The average molecular weight is 500 g/mol. The molecule has 0 radical (unpaired) electrons. The van der Waals surface area contributed by atoms with Gasteiger partial charge in [0.2, 0.25) is 5.91 Å². The topological polar surface area (TPSA) is 98.1 Å². The zero-order chi connectivity index (χ0) is 24.9. The molecule has 2 N–H and O–H groups in total. The number of hydrogen-bond acceptors (Lipinski definition) is 6. The van der Waals surface area contributed by atoms with Crippen LogP contribution < -0.4 is 15.4 Å². The molecule has 1 aliphatic carbocycles. The van der Waals surface area contributed by atoms with Gasteiger partial charge in [-0.15, -0.1) is 10.2 Å². The van der Waals surface area contributed by atoms with Crippen molar-refractivity contribution in [2.75, 3.05) is 18.2 Å². The molecule has 3 aromatic carbocycles. The highest BCUT2D eigenvalue weighted by Crippen LogP contribution is 2.29. The minimum Gasteiger partial charge on any atom is -0.497 e. The number of anilines is 1. The molecule has 0 aliphatic heterocycles. The summed E-state index contributed by atoms with van der Waals surface area (Å²) >= 11 is 1.29. The lowest BCUT2D eigenvalue weighted by atomic mass is 10.2. The molecule has 182 valence electrons. The van der Waals surface area contributed by atoms with E-state index in [4.69, 9.17) is 4.74 Å². The third-order valence-electron chi connectivity index (χ3n) is 5.65. The van der Waals surface area contributed by atoms with E-state index >= 15 is 0 Å². The highest BCUT2D eigenvalue weighted by atomic mass is 32.2. The van der Waals surface area contributed by atoms with Crippen molar-refractivity contribution in [3.63, 3.8) is 0 Å². The van der Waals surface area contributed by atoms with E-state index in [0.717, 1.165) is 29.8 Å². The van der Waals surface area contributed by atoms with Crippen LogP contribution in [-0.2, 0) is 4.79 Å². The number of rotatable bonds is 9. The number of amides is 2. The van der Waals surface area contributed by atoms with Crippen molar-refractivity contribution in [3.05, 3.63) is 84.4 Å². The Bertz CT molecular complexity index is 1370. The molecule has 1 aliphatic rings. The number of para-hydroxylation sites is 1. The first-order valence-corrected chi connectivity index (χ1v) is 12.6. The molecule has 1 fully saturated rings. The van der Waals surface area contributed by atoms with E-state index in [2.05, 4.69) is 20.8 Å². The van der Waals surface area contributed by atoms with Gasteiger partial charge in [0, 0.05) is 28.5 Å². The Morgan fingerprint density at radius 1 is 1.00 bits per heavy atom. The number of thioether (sulfide) groups is 1. The number of carbonyl (C=O) groups is 2. The monoisotopic (exact) mass is 499 g/mol. The standard InChI is InChI=1S/C27H25N5O3S/c1-35-23-14-10-18(11-15-23)25-30-31-27(32(25)22-8-3-2-4-9-22)36-17-24(33)28-21-7-5-6-19(16-21)26(34)29-20-12-13-20/h2-11,14-16,20H,12-13,17H2,1H3,(H,28,33)(H,29,34). The van der Waals surface area contributed by atoms with E-state index in [0.29, 0.717) is 22.2 Å². The molecule has 8 nitrogen and oxygen atoms in total. The number of aromatic nitrogens is 3. The lowest BCUT2D eigenvalue weighted by Gasteiger charge is -2.11. The Kier molecular flexibility index (Phi) is 6.99. The first-order chi connectivity index (χ1) is 17.6. The molecule has 1 saturated carbocycles. The summed E-state index contributed by atoms with van der Waals surface area (Å²) in [5.74, 6) is 1.23. The van der Waals surface area contributed by atoms with Gasteiger partial charge in [0.05, 0.1) is 12.9 Å². The fourth-order valence-corrected chi connectivity index (χ4v) is 4.41. The number of methoxy groups -OCH3 is 1. The summed E-state index contributed by atoms with van der Waals surface area (Å²) in [5.41, 5.74) is 2.88. The number of benzene rings is 3. The van der Waals surface area contributed by atoms with Crippen molar-refractivity contribution in [2.45, 2.75) is 24.0 Å². The molecule has 4 aromatic rings. The van der Waals surface area contributed by atoms with Gasteiger partial charge in [-0.05, 0) is 67.4 Å². The molecule has 0 saturated heterocycles. The number of nitrogens with one attached hydrogen (secondary N) is 2. The summed E-state index contributed by atoms with van der Waals surface area (Å²) in [6, 6.07) is 24.6. The minimum absolute atomic E-state index is 0.120. The van der Waals surface area contributed by atoms with Gasteiger partial charge >= 0.3 is 0 Å². The van der Waals surface area contributed by atoms with Gasteiger partial charge in [-0.3, -0.25) is 14.2 Å². The van der Waals surface area contributed by atoms with Crippen LogP contribution in [0, 0.1) is 0 Å². The molecule has 0 bridgehead atoms.